The van der Waals surface area contributed by atoms with Crippen LogP contribution in [-0.4, -0.2) is 41.8 Å². The molecule has 4 heteroatoms. The second kappa shape index (κ2) is 8.19. The van der Waals surface area contributed by atoms with Gasteiger partial charge in [0.25, 0.3) is 0 Å². The van der Waals surface area contributed by atoms with Crippen LogP contribution in [-0.2, 0) is 4.74 Å². The first-order valence-electron chi connectivity index (χ1n) is 9.61. The molecule has 3 rings (SSSR count). The Morgan fingerprint density at radius 3 is 2.62 bits per heavy atom. The van der Waals surface area contributed by atoms with Gasteiger partial charge in [0.15, 0.2) is 0 Å². The van der Waals surface area contributed by atoms with Crippen LogP contribution in [0.1, 0.15) is 55.6 Å². The van der Waals surface area contributed by atoms with Crippen LogP contribution in [0.2, 0.25) is 0 Å². The Labute approximate surface area is 155 Å². The summed E-state index contributed by atoms with van der Waals surface area (Å²) in [6.07, 6.45) is 2.28. The first-order valence-corrected chi connectivity index (χ1v) is 9.61. The molecule has 2 atom stereocenters. The van der Waals surface area contributed by atoms with Crippen molar-refractivity contribution >= 4 is 16.7 Å². The average molecular weight is 355 g/mol. The number of ether oxygens (including phenoxy) is 1. The Kier molecular flexibility index (Phi) is 5.94. The van der Waals surface area contributed by atoms with Crippen molar-refractivity contribution in [3.63, 3.8) is 0 Å². The minimum absolute atomic E-state index is 0.260. The lowest BCUT2D eigenvalue weighted by molar-refractivity contribution is -0.0139. The SMILES string of the molecule is CCO[C@H]1CCN(CC(C)C)[C@H](c2ccc(C(=O)O)c3ccccc23)C1. The predicted molar refractivity (Wildman–Crippen MR) is 105 cm³/mol. The number of rotatable bonds is 6. The molecule has 26 heavy (non-hydrogen) atoms. The van der Waals surface area contributed by atoms with Gasteiger partial charge in [0.05, 0.1) is 11.7 Å². The van der Waals surface area contributed by atoms with Gasteiger partial charge in [-0.15, -0.1) is 0 Å². The zero-order valence-corrected chi connectivity index (χ0v) is 15.9. The van der Waals surface area contributed by atoms with E-state index in [0.717, 1.165) is 43.3 Å². The topological polar surface area (TPSA) is 49.8 Å². The maximum atomic E-state index is 11.6. The van der Waals surface area contributed by atoms with Crippen LogP contribution in [0.25, 0.3) is 10.8 Å². The number of carbonyl (C=O) groups is 1. The third kappa shape index (κ3) is 3.92. The number of piperidine rings is 1. The first kappa shape index (κ1) is 18.9. The summed E-state index contributed by atoms with van der Waals surface area (Å²) in [7, 11) is 0. The van der Waals surface area contributed by atoms with Gasteiger partial charge in [-0.05, 0) is 48.1 Å². The summed E-state index contributed by atoms with van der Waals surface area (Å²) in [5.74, 6) is -0.284. The van der Waals surface area contributed by atoms with Crippen molar-refractivity contribution in [1.29, 1.82) is 0 Å². The highest BCUT2D eigenvalue weighted by atomic mass is 16.5. The highest BCUT2D eigenvalue weighted by Crippen LogP contribution is 2.37. The lowest BCUT2D eigenvalue weighted by atomic mass is 9.88. The molecule has 4 nitrogen and oxygen atoms in total. The average Bonchev–Trinajstić information content (AvgIpc) is 2.62. The Morgan fingerprint density at radius 1 is 1.23 bits per heavy atom. The quantitative estimate of drug-likeness (QED) is 0.813. The van der Waals surface area contributed by atoms with Crippen LogP contribution in [0.4, 0.5) is 0 Å². The van der Waals surface area contributed by atoms with Crippen molar-refractivity contribution < 1.29 is 14.6 Å². The summed E-state index contributed by atoms with van der Waals surface area (Å²) in [4.78, 5) is 14.2. The van der Waals surface area contributed by atoms with E-state index in [-0.39, 0.29) is 12.1 Å². The number of fused-ring (bicyclic) bond motifs is 1. The molecule has 1 heterocycles. The van der Waals surface area contributed by atoms with E-state index in [1.165, 1.54) is 5.56 Å². The summed E-state index contributed by atoms with van der Waals surface area (Å²) in [6, 6.07) is 11.9. The molecule has 140 valence electrons. The maximum Gasteiger partial charge on any atom is 0.336 e. The van der Waals surface area contributed by atoms with Crippen molar-refractivity contribution in [3.8, 4) is 0 Å². The predicted octanol–water partition coefficient (Wildman–Crippen LogP) is 4.74. The van der Waals surface area contributed by atoms with Crippen LogP contribution >= 0.6 is 0 Å². The number of hydrogen-bond donors (Lipinski definition) is 1. The summed E-state index contributed by atoms with van der Waals surface area (Å²) >= 11 is 0. The molecule has 0 spiro atoms. The van der Waals surface area contributed by atoms with Crippen LogP contribution in [0.5, 0.6) is 0 Å². The minimum Gasteiger partial charge on any atom is -0.478 e. The Bertz CT molecular complexity index is 771. The molecule has 1 saturated heterocycles. The van der Waals surface area contributed by atoms with Crippen LogP contribution in [0.3, 0.4) is 0 Å². The highest BCUT2D eigenvalue weighted by Gasteiger charge is 2.31. The molecule has 0 aromatic heterocycles. The summed E-state index contributed by atoms with van der Waals surface area (Å²) in [5, 5.41) is 11.4. The molecule has 0 saturated carbocycles. The van der Waals surface area contributed by atoms with E-state index in [4.69, 9.17) is 4.74 Å². The van der Waals surface area contributed by atoms with Crippen LogP contribution in [0, 0.1) is 5.92 Å². The van der Waals surface area contributed by atoms with Crippen molar-refractivity contribution in [1.82, 2.24) is 4.90 Å². The van der Waals surface area contributed by atoms with Crippen molar-refractivity contribution in [2.45, 2.75) is 45.8 Å². The first-order chi connectivity index (χ1) is 12.5. The van der Waals surface area contributed by atoms with E-state index in [2.05, 4.69) is 24.8 Å². The van der Waals surface area contributed by atoms with E-state index in [9.17, 15) is 9.90 Å². The number of carboxylic acid groups (broad SMARTS) is 1. The zero-order chi connectivity index (χ0) is 18.7. The fraction of sp³-hybridized carbons (Fsp3) is 0.500. The van der Waals surface area contributed by atoms with E-state index in [1.54, 1.807) is 6.07 Å². The fourth-order valence-electron chi connectivity index (χ4n) is 4.18. The number of likely N-dealkylation sites (tertiary alicyclic amines) is 1. The lowest BCUT2D eigenvalue weighted by Crippen LogP contribution is -2.41. The van der Waals surface area contributed by atoms with Gasteiger partial charge < -0.3 is 9.84 Å². The molecule has 2 aromatic carbocycles. The van der Waals surface area contributed by atoms with Gasteiger partial charge in [0.2, 0.25) is 0 Å². The second-order valence-corrected chi connectivity index (χ2v) is 7.56. The molecule has 2 aromatic rings. The largest absolute Gasteiger partial charge is 0.478 e. The van der Waals surface area contributed by atoms with Gasteiger partial charge in [-0.25, -0.2) is 4.79 Å². The third-order valence-corrected chi connectivity index (χ3v) is 5.21. The van der Waals surface area contributed by atoms with Gasteiger partial charge in [-0.2, -0.15) is 0 Å². The molecule has 0 bridgehead atoms. The van der Waals surface area contributed by atoms with Crippen molar-refractivity contribution in [2.24, 2.45) is 5.92 Å². The molecule has 0 aliphatic carbocycles. The molecule has 0 unspecified atom stereocenters. The van der Waals surface area contributed by atoms with Gasteiger partial charge in [-0.3, -0.25) is 4.90 Å². The van der Waals surface area contributed by atoms with E-state index in [1.807, 2.05) is 31.2 Å². The number of benzene rings is 2. The monoisotopic (exact) mass is 355 g/mol. The third-order valence-electron chi connectivity index (χ3n) is 5.21. The summed E-state index contributed by atoms with van der Waals surface area (Å²) in [6.45, 7) is 9.34. The van der Waals surface area contributed by atoms with Crippen LogP contribution < -0.4 is 0 Å². The lowest BCUT2D eigenvalue weighted by Gasteiger charge is -2.41. The minimum atomic E-state index is -0.873. The van der Waals surface area contributed by atoms with Crippen LogP contribution in [0.15, 0.2) is 36.4 Å². The van der Waals surface area contributed by atoms with Gasteiger partial charge in [0, 0.05) is 25.7 Å². The maximum absolute atomic E-state index is 11.6. The van der Waals surface area contributed by atoms with Gasteiger partial charge >= 0.3 is 5.97 Å². The zero-order valence-electron chi connectivity index (χ0n) is 15.9. The highest BCUT2D eigenvalue weighted by molar-refractivity contribution is 6.04. The Hall–Kier alpha value is -1.91. The number of carboxylic acids is 1. The van der Waals surface area contributed by atoms with E-state index < -0.39 is 5.97 Å². The van der Waals surface area contributed by atoms with E-state index in [0.29, 0.717) is 11.5 Å². The molecule has 1 N–H and O–H groups in total. The normalized spacial score (nSPS) is 21.4. The Balaban J connectivity index is 2.05. The Morgan fingerprint density at radius 2 is 1.96 bits per heavy atom. The molecule has 0 amide bonds. The van der Waals surface area contributed by atoms with Crippen molar-refractivity contribution in [3.05, 3.63) is 47.5 Å². The fourth-order valence-corrected chi connectivity index (χ4v) is 4.18. The van der Waals surface area contributed by atoms with Gasteiger partial charge in [-0.1, -0.05) is 44.2 Å². The van der Waals surface area contributed by atoms with E-state index >= 15 is 0 Å². The molecule has 1 fully saturated rings. The van der Waals surface area contributed by atoms with Gasteiger partial charge in [0.1, 0.15) is 0 Å². The molecule has 1 aliphatic heterocycles. The molecule has 0 radical (unpaired) electrons. The summed E-state index contributed by atoms with van der Waals surface area (Å²) < 4.78 is 5.94. The molecular formula is C22H29NO3. The van der Waals surface area contributed by atoms with Crippen molar-refractivity contribution in [2.75, 3.05) is 19.7 Å². The summed E-state index contributed by atoms with van der Waals surface area (Å²) in [5.41, 5.74) is 1.59. The standard InChI is InChI=1S/C22H29NO3/c1-4-26-16-11-12-23(14-15(2)3)21(13-16)19-9-10-20(22(24)25)18-8-6-5-7-17(18)19/h5-10,15-16,21H,4,11-14H2,1-3H3,(H,24,25)/t16-,21-/m0/s1. The number of hydrogen-bond acceptors (Lipinski definition) is 3. The molecular weight excluding hydrogens is 326 g/mol. The number of nitrogens with zero attached hydrogens (tertiary/aromatic N) is 1. The smallest absolute Gasteiger partial charge is 0.336 e. The number of aromatic carboxylic acids is 1. The molecule has 1 aliphatic rings. The second-order valence-electron chi connectivity index (χ2n) is 7.56.